The van der Waals surface area contributed by atoms with Crippen LogP contribution in [0.3, 0.4) is 0 Å². The maximum absolute atomic E-state index is 13.9. The largest absolute Gasteiger partial charge is 0.487 e. The van der Waals surface area contributed by atoms with E-state index >= 15 is 0 Å². The Labute approximate surface area is 164 Å². The number of ether oxygens (including phenoxy) is 2. The van der Waals surface area contributed by atoms with Crippen LogP contribution in [0.2, 0.25) is 0 Å². The van der Waals surface area contributed by atoms with Gasteiger partial charge in [0.15, 0.2) is 6.10 Å². The van der Waals surface area contributed by atoms with E-state index < -0.39 is 29.9 Å². The van der Waals surface area contributed by atoms with E-state index in [0.29, 0.717) is 11.7 Å². The topological polar surface area (TPSA) is 72.8 Å². The summed E-state index contributed by atoms with van der Waals surface area (Å²) < 4.78 is 38.8. The number of rotatable bonds is 8. The van der Waals surface area contributed by atoms with Crippen LogP contribution in [0.4, 0.5) is 8.78 Å². The number of hydrogen-bond donors (Lipinski definition) is 1. The van der Waals surface area contributed by atoms with Gasteiger partial charge < -0.3 is 14.6 Å². The molecule has 2 rings (SSSR count). The highest BCUT2D eigenvalue weighted by atomic mass is 19.3. The zero-order chi connectivity index (χ0) is 21.1. The number of hydrogen-bond acceptors (Lipinski definition) is 4. The maximum Gasteiger partial charge on any atom is 0.378 e. The number of aliphatic carboxylic acids is 1. The van der Waals surface area contributed by atoms with E-state index in [1.54, 1.807) is 12.1 Å². The quantitative estimate of drug-likeness (QED) is 0.628. The molecule has 1 unspecified atom stereocenters. The zero-order valence-electron chi connectivity index (χ0n) is 16.7. The molecule has 1 aromatic carbocycles. The van der Waals surface area contributed by atoms with Crippen molar-refractivity contribution >= 4 is 11.9 Å². The number of benzene rings is 1. The van der Waals surface area contributed by atoms with Crippen LogP contribution < -0.4 is 4.74 Å². The lowest BCUT2D eigenvalue weighted by Crippen LogP contribution is -2.47. The Bertz CT molecular complexity index is 691. The normalized spacial score (nSPS) is 17.6. The van der Waals surface area contributed by atoms with Crippen molar-refractivity contribution < 1.29 is 33.0 Å². The average molecular weight is 398 g/mol. The number of alkyl halides is 2. The van der Waals surface area contributed by atoms with Crippen molar-refractivity contribution in [3.05, 3.63) is 29.8 Å². The van der Waals surface area contributed by atoms with Crippen molar-refractivity contribution in [3.63, 3.8) is 0 Å². The third kappa shape index (κ3) is 4.62. The molecule has 1 fully saturated rings. The smallest absolute Gasteiger partial charge is 0.378 e. The molecule has 0 heterocycles. The molecular formula is C21H28F2O5. The van der Waals surface area contributed by atoms with Gasteiger partial charge in [-0.25, -0.2) is 9.59 Å². The fraction of sp³-hybridized carbons (Fsp3) is 0.619. The maximum atomic E-state index is 13.9. The number of carbonyl (C=O) groups excluding carboxylic acids is 1. The number of carbonyl (C=O) groups is 2. The summed E-state index contributed by atoms with van der Waals surface area (Å²) in [6.07, 6.45) is 2.09. The highest BCUT2D eigenvalue weighted by Gasteiger charge is 2.51. The molecule has 1 saturated carbocycles. The summed E-state index contributed by atoms with van der Waals surface area (Å²) in [5.41, 5.74) is -0.168. The number of esters is 1. The summed E-state index contributed by atoms with van der Waals surface area (Å²) in [5, 5.41) is 8.73. The van der Waals surface area contributed by atoms with Gasteiger partial charge in [0.05, 0.1) is 5.56 Å². The Morgan fingerprint density at radius 3 is 2.04 bits per heavy atom. The van der Waals surface area contributed by atoms with Crippen LogP contribution in [-0.2, 0) is 9.53 Å². The molecule has 1 aromatic rings. The molecule has 0 spiro atoms. The second-order valence-corrected chi connectivity index (χ2v) is 8.05. The molecule has 0 aliphatic heterocycles. The lowest BCUT2D eigenvalue weighted by molar-refractivity contribution is -0.187. The predicted molar refractivity (Wildman–Crippen MR) is 99.7 cm³/mol. The van der Waals surface area contributed by atoms with Crippen LogP contribution in [0.25, 0.3) is 0 Å². The first-order valence-corrected chi connectivity index (χ1v) is 9.61. The van der Waals surface area contributed by atoms with Gasteiger partial charge in [0.2, 0.25) is 0 Å². The van der Waals surface area contributed by atoms with Crippen molar-refractivity contribution in [2.24, 2.45) is 11.8 Å². The van der Waals surface area contributed by atoms with Crippen molar-refractivity contribution in [2.45, 2.75) is 71.0 Å². The minimum atomic E-state index is -4.17. The Hall–Kier alpha value is -2.18. The first-order chi connectivity index (χ1) is 13.0. The van der Waals surface area contributed by atoms with Gasteiger partial charge in [-0.05, 0) is 61.8 Å². The minimum absolute atomic E-state index is 0.0595. The number of carboxylic acid groups (broad SMARTS) is 1. The Kier molecular flexibility index (Phi) is 6.67. The van der Waals surface area contributed by atoms with Crippen molar-refractivity contribution in [1.29, 1.82) is 0 Å². The van der Waals surface area contributed by atoms with E-state index in [1.807, 2.05) is 0 Å². The van der Waals surface area contributed by atoms with Gasteiger partial charge in [0.1, 0.15) is 11.4 Å². The van der Waals surface area contributed by atoms with Gasteiger partial charge in [0.25, 0.3) is 0 Å². The van der Waals surface area contributed by atoms with Crippen LogP contribution in [0, 0.1) is 11.8 Å². The second kappa shape index (κ2) is 8.45. The fourth-order valence-electron chi connectivity index (χ4n) is 3.60. The Balaban J connectivity index is 2.12. The van der Waals surface area contributed by atoms with Crippen LogP contribution in [0.1, 0.15) is 63.7 Å². The van der Waals surface area contributed by atoms with E-state index in [1.165, 1.54) is 26.0 Å². The van der Waals surface area contributed by atoms with Gasteiger partial charge in [-0.2, -0.15) is 8.78 Å². The summed E-state index contributed by atoms with van der Waals surface area (Å²) in [4.78, 5) is 23.1. The molecular weight excluding hydrogens is 370 g/mol. The number of carboxylic acids is 1. The predicted octanol–water partition coefficient (Wildman–Crippen LogP) is 4.94. The zero-order valence-corrected chi connectivity index (χ0v) is 16.7. The van der Waals surface area contributed by atoms with Gasteiger partial charge in [-0.15, -0.1) is 0 Å². The summed E-state index contributed by atoms with van der Waals surface area (Å²) >= 11 is 0. The van der Waals surface area contributed by atoms with E-state index in [0.717, 1.165) is 25.7 Å². The minimum Gasteiger partial charge on any atom is -0.487 e. The van der Waals surface area contributed by atoms with E-state index in [4.69, 9.17) is 14.6 Å². The van der Waals surface area contributed by atoms with E-state index in [9.17, 15) is 18.4 Å². The molecule has 5 nitrogen and oxygen atoms in total. The molecule has 1 N–H and O–H groups in total. The van der Waals surface area contributed by atoms with E-state index in [2.05, 4.69) is 13.8 Å². The average Bonchev–Trinajstić information content (AvgIpc) is 3.09. The molecule has 0 aromatic heterocycles. The molecule has 1 atom stereocenters. The van der Waals surface area contributed by atoms with Crippen molar-refractivity contribution in [1.82, 2.24) is 0 Å². The monoisotopic (exact) mass is 398 g/mol. The Morgan fingerprint density at radius 1 is 1.07 bits per heavy atom. The summed E-state index contributed by atoms with van der Waals surface area (Å²) in [7, 11) is 0. The molecule has 1 aliphatic carbocycles. The lowest BCUT2D eigenvalue weighted by Gasteiger charge is -2.34. The van der Waals surface area contributed by atoms with Crippen molar-refractivity contribution in [3.8, 4) is 5.75 Å². The highest BCUT2D eigenvalue weighted by molar-refractivity contribution is 5.90. The SMILES string of the molecule is CC(C)C(OC(=O)c1ccc(OC2(C(C)C)CCCC2)cc1)C(F)(F)C(=O)O. The van der Waals surface area contributed by atoms with Crippen LogP contribution in [0.5, 0.6) is 5.75 Å². The third-order valence-corrected chi connectivity index (χ3v) is 5.40. The molecule has 1 aliphatic rings. The molecule has 7 heteroatoms. The molecule has 156 valence electrons. The molecule has 28 heavy (non-hydrogen) atoms. The second-order valence-electron chi connectivity index (χ2n) is 8.05. The van der Waals surface area contributed by atoms with Gasteiger partial charge >= 0.3 is 17.9 Å². The van der Waals surface area contributed by atoms with Crippen LogP contribution in [0.15, 0.2) is 24.3 Å². The van der Waals surface area contributed by atoms with Gasteiger partial charge in [-0.3, -0.25) is 0 Å². The first-order valence-electron chi connectivity index (χ1n) is 9.61. The van der Waals surface area contributed by atoms with Crippen LogP contribution in [-0.4, -0.2) is 34.7 Å². The fourth-order valence-corrected chi connectivity index (χ4v) is 3.60. The molecule has 0 radical (unpaired) electrons. The summed E-state index contributed by atoms with van der Waals surface area (Å²) in [6.45, 7) is 6.98. The first kappa shape index (κ1) is 22.1. The van der Waals surface area contributed by atoms with Gasteiger partial charge in [0, 0.05) is 0 Å². The van der Waals surface area contributed by atoms with Crippen LogP contribution >= 0.6 is 0 Å². The molecule has 0 bridgehead atoms. The lowest BCUT2D eigenvalue weighted by atomic mass is 9.88. The van der Waals surface area contributed by atoms with E-state index in [-0.39, 0.29) is 11.2 Å². The molecule has 0 amide bonds. The number of halogens is 2. The summed E-state index contributed by atoms with van der Waals surface area (Å²) in [6, 6.07) is 6.10. The molecule has 0 saturated heterocycles. The summed E-state index contributed by atoms with van der Waals surface area (Å²) in [5.74, 6) is -7.41. The van der Waals surface area contributed by atoms with Gasteiger partial charge in [-0.1, -0.05) is 27.7 Å². The highest BCUT2D eigenvalue weighted by Crippen LogP contribution is 2.40. The Morgan fingerprint density at radius 2 is 1.61 bits per heavy atom. The standard InChI is InChI=1S/C21H28F2O5/c1-13(2)17(21(22,23)19(25)26)27-18(24)15-7-9-16(10-8-15)28-20(14(3)4)11-5-6-12-20/h7-10,13-14,17H,5-6,11-12H2,1-4H3,(H,25,26). The van der Waals surface area contributed by atoms with Crippen molar-refractivity contribution in [2.75, 3.05) is 0 Å². The third-order valence-electron chi connectivity index (χ3n) is 5.40.